The molecule has 0 aromatic heterocycles. The van der Waals surface area contributed by atoms with Crippen LogP contribution in [0.2, 0.25) is 0 Å². The Balaban J connectivity index is 3.71. The molecule has 2 atom stereocenters. The second-order valence-electron chi connectivity index (χ2n) is 4.69. The van der Waals surface area contributed by atoms with Gasteiger partial charge in [-0.1, -0.05) is 44.9 Å². The second-order valence-corrected chi connectivity index (χ2v) is 5.82. The van der Waals surface area contributed by atoms with Crippen LogP contribution >= 0.6 is 22.6 Å². The van der Waals surface area contributed by atoms with Crippen LogP contribution in [0.3, 0.4) is 0 Å². The first kappa shape index (κ1) is 20.0. The number of unbranched alkanes of at least 4 members (excludes halogenated alkanes) is 5. The Morgan fingerprint density at radius 3 is 2.48 bits per heavy atom. The average molecular weight is 409 g/mol. The summed E-state index contributed by atoms with van der Waals surface area (Å²) in [7, 11) is 0. The molecule has 0 rings (SSSR count). The van der Waals surface area contributed by atoms with Gasteiger partial charge in [0.15, 0.2) is 0 Å². The quantitative estimate of drug-likeness (QED) is 0.198. The lowest BCUT2D eigenvalue weighted by Crippen LogP contribution is -2.40. The molecule has 0 aliphatic carbocycles. The predicted octanol–water partition coefficient (Wildman–Crippen LogP) is 3.40. The first-order valence-corrected chi connectivity index (χ1v) is 8.49. The molecule has 5 nitrogen and oxygen atoms in total. The third-order valence-corrected chi connectivity index (χ3v) is 3.39. The molecule has 0 bridgehead atoms. The molecule has 0 spiro atoms. The minimum atomic E-state index is -0.751. The SMILES string of the molecule is C#CC(I)OC(=O)N[C@@H](C)C(=O)OCCCCCCCC. The van der Waals surface area contributed by atoms with Crippen LogP contribution in [0.1, 0.15) is 52.4 Å². The molecular formula is C15H24INO4. The van der Waals surface area contributed by atoms with Gasteiger partial charge in [-0.15, -0.1) is 6.42 Å². The van der Waals surface area contributed by atoms with Gasteiger partial charge in [-0.05, 0) is 35.9 Å². The van der Waals surface area contributed by atoms with E-state index in [9.17, 15) is 9.59 Å². The van der Waals surface area contributed by atoms with Gasteiger partial charge in [-0.2, -0.15) is 0 Å². The smallest absolute Gasteiger partial charge is 0.409 e. The molecule has 0 heterocycles. The lowest BCUT2D eigenvalue weighted by molar-refractivity contribution is -0.145. The number of rotatable bonds is 10. The lowest BCUT2D eigenvalue weighted by atomic mass is 10.1. The summed E-state index contributed by atoms with van der Waals surface area (Å²) in [5.74, 6) is 1.78. The molecule has 0 fully saturated rings. The zero-order valence-electron chi connectivity index (χ0n) is 12.7. The summed E-state index contributed by atoms with van der Waals surface area (Å²) in [4.78, 5) is 23.0. The van der Waals surface area contributed by atoms with Crippen LogP contribution in [-0.2, 0) is 14.3 Å². The number of carbonyl (C=O) groups is 2. The third-order valence-electron chi connectivity index (χ3n) is 2.77. The average Bonchev–Trinajstić information content (AvgIpc) is 2.45. The molecule has 0 aromatic carbocycles. The van der Waals surface area contributed by atoms with Gasteiger partial charge < -0.3 is 14.8 Å². The number of esters is 1. The van der Waals surface area contributed by atoms with Gasteiger partial charge in [0.25, 0.3) is 0 Å². The van der Waals surface area contributed by atoms with Crippen molar-refractivity contribution in [1.82, 2.24) is 5.32 Å². The summed E-state index contributed by atoms with van der Waals surface area (Å²) in [5, 5.41) is 2.38. The van der Waals surface area contributed by atoms with E-state index in [1.165, 1.54) is 19.3 Å². The zero-order chi connectivity index (χ0) is 16.1. The van der Waals surface area contributed by atoms with Gasteiger partial charge in [0, 0.05) is 0 Å². The Morgan fingerprint density at radius 2 is 1.86 bits per heavy atom. The summed E-state index contributed by atoms with van der Waals surface area (Å²) < 4.78 is 9.23. The van der Waals surface area contributed by atoms with Gasteiger partial charge in [-0.25, -0.2) is 9.59 Å². The largest absolute Gasteiger partial charge is 0.464 e. The van der Waals surface area contributed by atoms with Gasteiger partial charge in [-0.3, -0.25) is 0 Å². The lowest BCUT2D eigenvalue weighted by Gasteiger charge is -2.14. The summed E-state index contributed by atoms with van der Waals surface area (Å²) >= 11 is 1.79. The Kier molecular flexibility index (Phi) is 12.2. The number of hydrogen-bond acceptors (Lipinski definition) is 4. The summed E-state index contributed by atoms with van der Waals surface area (Å²) in [6.07, 6.45) is 11.1. The van der Waals surface area contributed by atoms with Crippen LogP contribution in [0.25, 0.3) is 0 Å². The van der Waals surface area contributed by atoms with Gasteiger partial charge in [0.05, 0.1) is 6.61 Å². The molecule has 1 amide bonds. The van der Waals surface area contributed by atoms with Crippen LogP contribution < -0.4 is 5.32 Å². The monoisotopic (exact) mass is 409 g/mol. The van der Waals surface area contributed by atoms with Crippen molar-refractivity contribution in [3.8, 4) is 12.3 Å². The number of terminal acetylenes is 1. The number of nitrogens with one attached hydrogen (secondary N) is 1. The van der Waals surface area contributed by atoms with E-state index in [1.54, 1.807) is 29.5 Å². The van der Waals surface area contributed by atoms with Crippen LogP contribution in [0, 0.1) is 12.3 Å². The number of hydrogen-bond donors (Lipinski definition) is 1. The van der Waals surface area contributed by atoms with Gasteiger partial charge in [0.2, 0.25) is 4.11 Å². The van der Waals surface area contributed by atoms with Crippen molar-refractivity contribution in [2.24, 2.45) is 0 Å². The van der Waals surface area contributed by atoms with Crippen molar-refractivity contribution < 1.29 is 19.1 Å². The van der Waals surface area contributed by atoms with E-state index in [1.807, 2.05) is 0 Å². The Labute approximate surface area is 140 Å². The number of alkyl halides is 1. The van der Waals surface area contributed by atoms with E-state index in [0.717, 1.165) is 19.3 Å². The van der Waals surface area contributed by atoms with E-state index in [4.69, 9.17) is 15.9 Å². The molecule has 0 aromatic rings. The fourth-order valence-electron chi connectivity index (χ4n) is 1.58. The van der Waals surface area contributed by atoms with Crippen molar-refractivity contribution in [2.75, 3.05) is 6.61 Å². The first-order chi connectivity index (χ1) is 10.0. The van der Waals surface area contributed by atoms with Crippen molar-refractivity contribution in [2.45, 2.75) is 62.5 Å². The first-order valence-electron chi connectivity index (χ1n) is 7.25. The Hall–Kier alpha value is -0.970. The number of halogens is 1. The number of alkyl carbamates (subject to hydrolysis) is 1. The van der Waals surface area contributed by atoms with E-state index in [0.29, 0.717) is 6.61 Å². The second kappa shape index (κ2) is 12.7. The summed E-state index contributed by atoms with van der Waals surface area (Å²) in [6.45, 7) is 4.10. The van der Waals surface area contributed by atoms with Crippen molar-refractivity contribution in [3.05, 3.63) is 0 Å². The fraction of sp³-hybridized carbons (Fsp3) is 0.733. The normalized spacial score (nSPS) is 12.9. The standard InChI is InChI=1S/C15H24INO4/c1-4-6-7-8-9-10-11-20-14(18)12(3)17-15(19)21-13(16)5-2/h2,12-13H,4,6-11H2,1,3H3,(H,17,19)/t12-,13?/m0/s1. The van der Waals surface area contributed by atoms with E-state index >= 15 is 0 Å². The highest BCUT2D eigenvalue weighted by atomic mass is 127. The van der Waals surface area contributed by atoms with Gasteiger partial charge >= 0.3 is 12.1 Å². The van der Waals surface area contributed by atoms with Crippen molar-refractivity contribution in [3.63, 3.8) is 0 Å². The molecule has 1 N–H and O–H groups in total. The molecule has 1 unspecified atom stereocenters. The molecular weight excluding hydrogens is 385 g/mol. The maximum Gasteiger partial charge on any atom is 0.409 e. The minimum Gasteiger partial charge on any atom is -0.464 e. The minimum absolute atomic E-state index is 0.380. The van der Waals surface area contributed by atoms with Crippen LogP contribution in [-0.4, -0.2) is 28.8 Å². The maximum atomic E-state index is 11.6. The number of carbonyl (C=O) groups excluding carboxylic acids is 2. The summed E-state index contributed by atoms with van der Waals surface area (Å²) in [5.41, 5.74) is 0. The highest BCUT2D eigenvalue weighted by Crippen LogP contribution is 2.05. The van der Waals surface area contributed by atoms with Crippen LogP contribution in [0.5, 0.6) is 0 Å². The van der Waals surface area contributed by atoms with Crippen molar-refractivity contribution >= 4 is 34.7 Å². The molecule has 0 aliphatic rings. The zero-order valence-corrected chi connectivity index (χ0v) is 14.9. The van der Waals surface area contributed by atoms with Crippen LogP contribution in [0.4, 0.5) is 4.79 Å². The van der Waals surface area contributed by atoms with E-state index in [2.05, 4.69) is 18.2 Å². The number of ether oxygens (including phenoxy) is 2. The molecule has 0 aliphatic heterocycles. The Bertz CT molecular complexity index is 354. The van der Waals surface area contributed by atoms with Crippen LogP contribution in [0.15, 0.2) is 0 Å². The number of amides is 1. The topological polar surface area (TPSA) is 64.6 Å². The van der Waals surface area contributed by atoms with E-state index in [-0.39, 0.29) is 0 Å². The Morgan fingerprint density at radius 1 is 1.24 bits per heavy atom. The molecule has 0 radical (unpaired) electrons. The van der Waals surface area contributed by atoms with Gasteiger partial charge in [0.1, 0.15) is 6.04 Å². The predicted molar refractivity (Wildman–Crippen MR) is 90.1 cm³/mol. The van der Waals surface area contributed by atoms with E-state index < -0.39 is 22.2 Å². The maximum absolute atomic E-state index is 11.6. The molecule has 0 saturated heterocycles. The highest BCUT2D eigenvalue weighted by Gasteiger charge is 2.18. The highest BCUT2D eigenvalue weighted by molar-refractivity contribution is 14.1. The third kappa shape index (κ3) is 11.4. The molecule has 6 heteroatoms. The molecule has 120 valence electrons. The molecule has 0 saturated carbocycles. The summed E-state index contributed by atoms with van der Waals surface area (Å²) in [6, 6.07) is -0.751. The van der Waals surface area contributed by atoms with Crippen molar-refractivity contribution in [1.29, 1.82) is 0 Å². The fourth-order valence-corrected chi connectivity index (χ4v) is 1.81. The molecule has 21 heavy (non-hydrogen) atoms.